The number of hydrogen-bond acceptors (Lipinski definition) is 3. The van der Waals surface area contributed by atoms with Crippen molar-refractivity contribution in [2.75, 3.05) is 7.11 Å². The smallest absolute Gasteiger partial charge is 0.305 e. The zero-order valence-electron chi connectivity index (χ0n) is 18.6. The maximum Gasteiger partial charge on any atom is 0.305 e. The van der Waals surface area contributed by atoms with E-state index in [0.29, 0.717) is 23.2 Å². The minimum Gasteiger partial charge on any atom is -0.469 e. The lowest BCUT2D eigenvalue weighted by molar-refractivity contribution is -0.141. The summed E-state index contributed by atoms with van der Waals surface area (Å²) in [5.41, 5.74) is 0.937. The number of carbonyl (C=O) groups excluding carboxylic acids is 1. The zero-order chi connectivity index (χ0) is 20.1. The molecule has 1 N–H and O–H groups in total. The largest absolute Gasteiger partial charge is 0.469 e. The minimum absolute atomic E-state index is 0.0463. The summed E-state index contributed by atoms with van der Waals surface area (Å²) < 4.78 is 4.88. The van der Waals surface area contributed by atoms with Crippen LogP contribution in [0.25, 0.3) is 0 Å². The Labute approximate surface area is 172 Å². The van der Waals surface area contributed by atoms with Gasteiger partial charge in [-0.1, -0.05) is 20.8 Å². The van der Waals surface area contributed by atoms with E-state index in [9.17, 15) is 9.90 Å². The van der Waals surface area contributed by atoms with Crippen LogP contribution in [0.15, 0.2) is 0 Å². The predicted molar refractivity (Wildman–Crippen MR) is 112 cm³/mol. The highest BCUT2D eigenvalue weighted by Crippen LogP contribution is 2.68. The number of fused-ring (bicyclic) bond motifs is 5. The van der Waals surface area contributed by atoms with Crippen LogP contribution in [0.2, 0.25) is 0 Å². The average molecular weight is 391 g/mol. The van der Waals surface area contributed by atoms with Crippen molar-refractivity contribution in [3.8, 4) is 0 Å². The van der Waals surface area contributed by atoms with E-state index in [-0.39, 0.29) is 12.1 Å². The Bertz CT molecular complexity index is 588. The molecule has 3 nitrogen and oxygen atoms in total. The molecule has 0 aliphatic heterocycles. The number of methoxy groups -OCH3 is 1. The molecule has 4 aliphatic carbocycles. The number of hydrogen-bond donors (Lipinski definition) is 1. The van der Waals surface area contributed by atoms with Gasteiger partial charge in [0.2, 0.25) is 0 Å². The monoisotopic (exact) mass is 390 g/mol. The van der Waals surface area contributed by atoms with E-state index in [1.807, 2.05) is 0 Å². The van der Waals surface area contributed by atoms with Crippen LogP contribution in [-0.2, 0) is 9.53 Å². The second-order valence-electron chi connectivity index (χ2n) is 11.4. The Morgan fingerprint density at radius 1 is 1.04 bits per heavy atom. The molecule has 0 amide bonds. The van der Waals surface area contributed by atoms with Gasteiger partial charge in [-0.15, -0.1) is 0 Å². The van der Waals surface area contributed by atoms with E-state index < -0.39 is 0 Å². The highest BCUT2D eigenvalue weighted by Gasteiger charge is 2.60. The summed E-state index contributed by atoms with van der Waals surface area (Å²) in [6.07, 6.45) is 13.1. The van der Waals surface area contributed by atoms with Gasteiger partial charge in [-0.2, -0.15) is 0 Å². The maximum absolute atomic E-state index is 11.6. The van der Waals surface area contributed by atoms with E-state index >= 15 is 0 Å². The summed E-state index contributed by atoms with van der Waals surface area (Å²) in [6, 6.07) is 0. The standard InChI is InChI=1S/C25H42O3/c1-16(5-10-23(27)28-4)20-8-9-21-19-7-6-17-15-18(26)11-13-24(17,2)22(19)12-14-25(20,21)3/h16-22,26H,5-15H2,1-4H3/t16-,17+,18-,19+,20-,21+,22+,24+,25-/m1/s1. The van der Waals surface area contributed by atoms with Crippen LogP contribution in [0.5, 0.6) is 0 Å². The van der Waals surface area contributed by atoms with Gasteiger partial charge in [0.15, 0.2) is 0 Å². The Morgan fingerprint density at radius 3 is 2.50 bits per heavy atom. The fourth-order valence-electron chi connectivity index (χ4n) is 8.86. The molecule has 0 radical (unpaired) electrons. The Morgan fingerprint density at radius 2 is 1.75 bits per heavy atom. The first kappa shape index (κ1) is 20.7. The van der Waals surface area contributed by atoms with Crippen molar-refractivity contribution in [1.29, 1.82) is 0 Å². The molecule has 0 saturated heterocycles. The molecular formula is C25H42O3. The molecule has 28 heavy (non-hydrogen) atoms. The van der Waals surface area contributed by atoms with Crippen LogP contribution < -0.4 is 0 Å². The van der Waals surface area contributed by atoms with Crippen molar-refractivity contribution < 1.29 is 14.6 Å². The summed E-state index contributed by atoms with van der Waals surface area (Å²) >= 11 is 0. The fraction of sp³-hybridized carbons (Fsp3) is 0.960. The molecule has 4 aliphatic rings. The van der Waals surface area contributed by atoms with Crippen LogP contribution in [0, 0.1) is 46.3 Å². The topological polar surface area (TPSA) is 46.5 Å². The van der Waals surface area contributed by atoms with Gasteiger partial charge in [0.1, 0.15) is 0 Å². The van der Waals surface area contributed by atoms with Gasteiger partial charge in [0.05, 0.1) is 13.2 Å². The molecule has 0 heterocycles. The Kier molecular flexibility index (Phi) is 5.61. The minimum atomic E-state index is -0.0546. The van der Waals surface area contributed by atoms with Crippen LogP contribution in [0.1, 0.15) is 91.4 Å². The molecule has 0 aromatic heterocycles. The van der Waals surface area contributed by atoms with Gasteiger partial charge in [0.25, 0.3) is 0 Å². The SMILES string of the molecule is COC(=O)CC[C@@H](C)[C@H]1CC[C@H]2[C@@H]3CC[C@H]4C[C@H](O)CC[C@]4(C)[C@H]3CC[C@]12C. The van der Waals surface area contributed by atoms with E-state index in [4.69, 9.17) is 4.74 Å². The molecule has 0 spiro atoms. The van der Waals surface area contributed by atoms with Crippen LogP contribution in [-0.4, -0.2) is 24.3 Å². The van der Waals surface area contributed by atoms with Gasteiger partial charge < -0.3 is 9.84 Å². The lowest BCUT2D eigenvalue weighted by atomic mass is 9.44. The third kappa shape index (κ3) is 3.24. The number of rotatable bonds is 4. The summed E-state index contributed by atoms with van der Waals surface area (Å²) in [4.78, 5) is 11.6. The first-order valence-corrected chi connectivity index (χ1v) is 12.0. The zero-order valence-corrected chi connectivity index (χ0v) is 18.6. The van der Waals surface area contributed by atoms with Gasteiger partial charge in [-0.3, -0.25) is 4.79 Å². The summed E-state index contributed by atoms with van der Waals surface area (Å²) in [6.45, 7) is 7.56. The first-order valence-electron chi connectivity index (χ1n) is 12.0. The lowest BCUT2D eigenvalue weighted by Gasteiger charge is -2.61. The molecule has 4 rings (SSSR count). The average Bonchev–Trinajstić information content (AvgIpc) is 3.03. The van der Waals surface area contributed by atoms with E-state index in [0.717, 1.165) is 48.9 Å². The molecule has 160 valence electrons. The quantitative estimate of drug-likeness (QED) is 0.636. The van der Waals surface area contributed by atoms with Crippen molar-refractivity contribution in [2.24, 2.45) is 46.3 Å². The highest BCUT2D eigenvalue weighted by atomic mass is 16.5. The van der Waals surface area contributed by atoms with Crippen molar-refractivity contribution in [3.63, 3.8) is 0 Å². The van der Waals surface area contributed by atoms with Gasteiger partial charge in [-0.05, 0) is 111 Å². The van der Waals surface area contributed by atoms with E-state index in [1.54, 1.807) is 0 Å². The molecule has 9 atom stereocenters. The maximum atomic E-state index is 11.6. The predicted octanol–water partition coefficient (Wildman–Crippen LogP) is 5.60. The summed E-state index contributed by atoms with van der Waals surface area (Å²) in [5.74, 6) is 4.72. The summed E-state index contributed by atoms with van der Waals surface area (Å²) in [5, 5.41) is 10.2. The molecular weight excluding hydrogens is 348 g/mol. The third-order valence-electron chi connectivity index (χ3n) is 10.4. The second kappa shape index (κ2) is 7.60. The molecule has 0 bridgehead atoms. The highest BCUT2D eigenvalue weighted by molar-refractivity contribution is 5.69. The second-order valence-corrected chi connectivity index (χ2v) is 11.4. The van der Waals surface area contributed by atoms with Crippen molar-refractivity contribution in [3.05, 3.63) is 0 Å². The number of carbonyl (C=O) groups is 1. The number of esters is 1. The number of ether oxygens (including phenoxy) is 1. The molecule has 0 aromatic rings. The molecule has 3 heteroatoms. The Balaban J connectivity index is 1.48. The lowest BCUT2D eigenvalue weighted by Crippen LogP contribution is -2.54. The van der Waals surface area contributed by atoms with Gasteiger partial charge in [-0.25, -0.2) is 0 Å². The fourth-order valence-corrected chi connectivity index (χ4v) is 8.86. The van der Waals surface area contributed by atoms with E-state index in [2.05, 4.69) is 20.8 Å². The summed E-state index contributed by atoms with van der Waals surface area (Å²) in [7, 11) is 1.50. The molecule has 0 aromatic carbocycles. The van der Waals surface area contributed by atoms with Crippen molar-refractivity contribution in [2.45, 2.75) is 97.5 Å². The van der Waals surface area contributed by atoms with Gasteiger partial charge >= 0.3 is 5.97 Å². The van der Waals surface area contributed by atoms with Gasteiger partial charge in [0, 0.05) is 6.42 Å². The van der Waals surface area contributed by atoms with Crippen LogP contribution in [0.3, 0.4) is 0 Å². The normalized spacial score (nSPS) is 48.9. The van der Waals surface area contributed by atoms with Crippen LogP contribution in [0.4, 0.5) is 0 Å². The van der Waals surface area contributed by atoms with E-state index in [1.165, 1.54) is 52.1 Å². The van der Waals surface area contributed by atoms with Crippen LogP contribution >= 0.6 is 0 Å². The number of aliphatic hydroxyl groups is 1. The first-order chi connectivity index (χ1) is 13.3. The molecule has 4 saturated carbocycles. The van der Waals surface area contributed by atoms with Crippen molar-refractivity contribution >= 4 is 5.97 Å². The number of aliphatic hydroxyl groups excluding tert-OH is 1. The molecule has 4 fully saturated rings. The Hall–Kier alpha value is -0.570. The molecule has 0 unspecified atom stereocenters. The van der Waals surface area contributed by atoms with Crippen molar-refractivity contribution in [1.82, 2.24) is 0 Å². The third-order valence-corrected chi connectivity index (χ3v) is 10.4.